The summed E-state index contributed by atoms with van der Waals surface area (Å²) in [5, 5.41) is 1.67. The molecule has 0 bridgehead atoms. The summed E-state index contributed by atoms with van der Waals surface area (Å²) in [6.07, 6.45) is 6.27. The number of benzene rings is 2. The molecule has 2 aromatic carbocycles. The van der Waals surface area contributed by atoms with Crippen LogP contribution in [0.2, 0.25) is 0 Å². The predicted molar refractivity (Wildman–Crippen MR) is 107 cm³/mol. The third-order valence-corrected chi connectivity index (χ3v) is 5.48. The largest absolute Gasteiger partial charge is 0.256 e. The van der Waals surface area contributed by atoms with Crippen molar-refractivity contribution in [2.45, 2.75) is 52.9 Å². The molecule has 0 N–H and O–H groups in total. The molecule has 4 rings (SSSR count). The maximum atomic E-state index is 8.53. The van der Waals surface area contributed by atoms with Crippen molar-refractivity contribution < 1.29 is 4.11 Å². The van der Waals surface area contributed by atoms with E-state index in [1.165, 1.54) is 36.8 Å². The van der Waals surface area contributed by atoms with Crippen LogP contribution in [-0.2, 0) is 6.42 Å². The molecule has 1 aromatic heterocycles. The topological polar surface area (TPSA) is 12.9 Å². The van der Waals surface area contributed by atoms with Crippen LogP contribution in [0, 0.1) is 26.7 Å². The highest BCUT2D eigenvalue weighted by atomic mass is 14.7. The van der Waals surface area contributed by atoms with Crippen molar-refractivity contribution in [3.63, 3.8) is 0 Å². The summed E-state index contributed by atoms with van der Waals surface area (Å²) in [5.41, 5.74) is 5.89. The van der Waals surface area contributed by atoms with Crippen molar-refractivity contribution >= 4 is 10.8 Å². The van der Waals surface area contributed by atoms with Gasteiger partial charge >= 0.3 is 0 Å². The zero-order valence-corrected chi connectivity index (χ0v) is 15.4. The van der Waals surface area contributed by atoms with E-state index in [1.807, 2.05) is 26.0 Å². The lowest BCUT2D eigenvalue weighted by atomic mass is 9.91. The average molecular weight is 333 g/mol. The second-order valence-electron chi connectivity index (χ2n) is 7.63. The lowest BCUT2D eigenvalue weighted by Gasteiger charge is -2.15. The fourth-order valence-electron chi connectivity index (χ4n) is 4.23. The summed E-state index contributed by atoms with van der Waals surface area (Å²) >= 11 is 0. The maximum absolute atomic E-state index is 8.53. The molecule has 3 aromatic rings. The van der Waals surface area contributed by atoms with Crippen molar-refractivity contribution in [1.82, 2.24) is 4.98 Å². The van der Waals surface area contributed by atoms with E-state index in [0.717, 1.165) is 39.8 Å². The first kappa shape index (κ1) is 13.1. The highest BCUT2D eigenvalue weighted by Gasteiger charge is 2.17. The summed E-state index contributed by atoms with van der Waals surface area (Å²) in [4.78, 5) is 4.45. The highest BCUT2D eigenvalue weighted by Crippen LogP contribution is 2.33. The van der Waals surface area contributed by atoms with E-state index >= 15 is 0 Å². The molecule has 1 heteroatoms. The molecule has 0 saturated heterocycles. The molecule has 1 fully saturated rings. The van der Waals surface area contributed by atoms with Gasteiger partial charge in [-0.2, -0.15) is 0 Å². The number of hydrogen-bond acceptors (Lipinski definition) is 1. The van der Waals surface area contributed by atoms with Gasteiger partial charge < -0.3 is 0 Å². The summed E-state index contributed by atoms with van der Waals surface area (Å²) in [5.74, 6) is 0.737. The van der Waals surface area contributed by atoms with Crippen LogP contribution < -0.4 is 0 Å². The molecule has 0 atom stereocenters. The number of fused-ring (bicyclic) bond motifs is 1. The molecule has 1 saturated carbocycles. The molecule has 1 aliphatic carbocycles. The first-order valence-corrected chi connectivity index (χ1v) is 9.33. The van der Waals surface area contributed by atoms with Gasteiger partial charge in [0.1, 0.15) is 0 Å². The van der Waals surface area contributed by atoms with E-state index in [4.69, 9.17) is 4.11 Å². The molecule has 0 spiro atoms. The Labute approximate surface area is 155 Å². The molecule has 0 unspecified atom stereocenters. The van der Waals surface area contributed by atoms with Gasteiger partial charge in [0.15, 0.2) is 0 Å². The van der Waals surface area contributed by atoms with Gasteiger partial charge in [-0.05, 0) is 73.8 Å². The van der Waals surface area contributed by atoms with E-state index in [1.54, 1.807) is 0 Å². The molecule has 0 amide bonds. The lowest BCUT2D eigenvalue weighted by Crippen LogP contribution is -2.01. The van der Waals surface area contributed by atoms with Crippen molar-refractivity contribution in [3.8, 4) is 11.3 Å². The van der Waals surface area contributed by atoms with Crippen LogP contribution in [0.25, 0.3) is 22.0 Å². The first-order valence-electron chi connectivity index (χ1n) is 10.8. The molecule has 0 radical (unpaired) electrons. The van der Waals surface area contributed by atoms with Crippen LogP contribution >= 0.6 is 0 Å². The Morgan fingerprint density at radius 3 is 2.64 bits per heavy atom. The summed E-state index contributed by atoms with van der Waals surface area (Å²) in [6.45, 7) is 6.09. The molecule has 0 aliphatic heterocycles. The van der Waals surface area contributed by atoms with Gasteiger partial charge in [0, 0.05) is 17.1 Å². The van der Waals surface area contributed by atoms with E-state index < -0.39 is 0 Å². The second kappa shape index (κ2) is 6.63. The average Bonchev–Trinajstić information content (AvgIpc) is 3.16. The number of aryl methyl sites for hydroxylation is 3. The Morgan fingerprint density at radius 1 is 1.04 bits per heavy atom. The number of pyridine rings is 1. The van der Waals surface area contributed by atoms with Crippen molar-refractivity contribution in [1.29, 1.82) is 0 Å². The Bertz CT molecular complexity index is 1070. The zero-order valence-electron chi connectivity index (χ0n) is 18.4. The van der Waals surface area contributed by atoms with Crippen LogP contribution in [0.4, 0.5) is 0 Å². The molecule has 128 valence electrons. The number of rotatable bonds is 3. The molecular formula is C24H27N. The Morgan fingerprint density at radius 2 is 1.84 bits per heavy atom. The Hall–Kier alpha value is -2.15. The van der Waals surface area contributed by atoms with Gasteiger partial charge in [0.05, 0.1) is 9.81 Å². The summed E-state index contributed by atoms with van der Waals surface area (Å²) in [6, 6.07) is 8.84. The van der Waals surface area contributed by atoms with E-state index in [0.29, 0.717) is 11.7 Å². The second-order valence-corrected chi connectivity index (χ2v) is 7.63. The van der Waals surface area contributed by atoms with Gasteiger partial charge in [0.25, 0.3) is 0 Å². The highest BCUT2D eigenvalue weighted by molar-refractivity contribution is 5.95. The third-order valence-electron chi connectivity index (χ3n) is 5.48. The number of nitrogens with zero attached hydrogens (tertiary/aromatic N) is 1. The van der Waals surface area contributed by atoms with Crippen LogP contribution in [-0.4, -0.2) is 4.98 Å². The van der Waals surface area contributed by atoms with Crippen LogP contribution in [0.5, 0.6) is 0 Å². The lowest BCUT2D eigenvalue weighted by molar-refractivity contribution is 0.545. The van der Waals surface area contributed by atoms with Crippen molar-refractivity contribution in [2.75, 3.05) is 0 Å². The van der Waals surface area contributed by atoms with Gasteiger partial charge in [-0.15, -0.1) is 0 Å². The molecule has 1 aliphatic rings. The fraction of sp³-hybridized carbons (Fsp3) is 0.375. The minimum Gasteiger partial charge on any atom is -0.256 e. The van der Waals surface area contributed by atoms with Gasteiger partial charge in [-0.25, -0.2) is 0 Å². The number of hydrogen-bond donors (Lipinski definition) is 0. The Balaban J connectivity index is 1.94. The molecule has 1 heterocycles. The fourth-order valence-corrected chi connectivity index (χ4v) is 4.23. The SMILES string of the molecule is [2H]c1nc(-c2cc(C)cc(C)c2[2H])c2cc(C)c(CC3CCCC3)cc2c1[2H]. The monoisotopic (exact) mass is 332 g/mol. The zero-order chi connectivity index (χ0) is 20.0. The summed E-state index contributed by atoms with van der Waals surface area (Å²) < 4.78 is 25.2. The number of aromatic nitrogens is 1. The van der Waals surface area contributed by atoms with Gasteiger partial charge in [-0.1, -0.05) is 48.9 Å². The van der Waals surface area contributed by atoms with Crippen molar-refractivity contribution in [3.05, 3.63) is 64.8 Å². The minimum atomic E-state index is -0.0169. The molecule has 1 nitrogen and oxygen atoms in total. The van der Waals surface area contributed by atoms with Crippen LogP contribution in [0.15, 0.2) is 42.5 Å². The standard InChI is InChI=1S/C24H27N/c1-16-10-17(2)12-22(11-16)24-23-13-18(3)21(14-19-6-4-5-7-19)15-20(23)8-9-25-24/h8-13,15,19H,4-7,14H2,1-3H3/i8D,9D,11D. The van der Waals surface area contributed by atoms with E-state index in [-0.39, 0.29) is 12.2 Å². The maximum Gasteiger partial charge on any atom is 0.0840 e. The van der Waals surface area contributed by atoms with Crippen molar-refractivity contribution in [2.24, 2.45) is 5.92 Å². The summed E-state index contributed by atoms with van der Waals surface area (Å²) in [7, 11) is 0. The van der Waals surface area contributed by atoms with E-state index in [2.05, 4.69) is 24.0 Å². The van der Waals surface area contributed by atoms with Crippen LogP contribution in [0.3, 0.4) is 0 Å². The van der Waals surface area contributed by atoms with Gasteiger partial charge in [-0.3, -0.25) is 4.98 Å². The smallest absolute Gasteiger partial charge is 0.0840 e. The Kier molecular flexibility index (Phi) is 3.48. The first-order chi connectivity index (χ1) is 13.3. The van der Waals surface area contributed by atoms with Crippen LogP contribution in [0.1, 0.15) is 52.0 Å². The molecule has 25 heavy (non-hydrogen) atoms. The third kappa shape index (κ3) is 3.33. The minimum absolute atomic E-state index is 0.0169. The molecular weight excluding hydrogens is 302 g/mol. The predicted octanol–water partition coefficient (Wildman–Crippen LogP) is 6.56. The quantitative estimate of drug-likeness (QED) is 0.529. The normalized spacial score (nSPS) is 16.8. The van der Waals surface area contributed by atoms with Gasteiger partial charge in [0.2, 0.25) is 0 Å². The van der Waals surface area contributed by atoms with E-state index in [9.17, 15) is 0 Å².